The normalized spacial score (nSPS) is 28.8. The van der Waals surface area contributed by atoms with Crippen LogP contribution in [0.15, 0.2) is 49.6 Å². The molecule has 1 spiro atoms. The molecule has 3 aliphatic rings. The molecule has 3 fully saturated rings. The van der Waals surface area contributed by atoms with Gasteiger partial charge in [-0.3, -0.25) is 14.4 Å². The minimum Gasteiger partial charge on any atom is -0.394 e. The third-order valence-corrected chi connectivity index (χ3v) is 11.3. The molecule has 0 radical (unpaired) electrons. The molecule has 10 nitrogen and oxygen atoms in total. The van der Waals surface area contributed by atoms with Gasteiger partial charge in [0.15, 0.2) is 0 Å². The zero-order valence-corrected chi connectivity index (χ0v) is 25.7. The second kappa shape index (κ2) is 11.8. The first-order valence-corrected chi connectivity index (χ1v) is 15.6. The molecule has 3 amide bonds. The van der Waals surface area contributed by atoms with Crippen molar-refractivity contribution in [3.8, 4) is 0 Å². The second-order valence-corrected chi connectivity index (χ2v) is 13.9. The standard InChI is InChI=1S/C31H42N6O4S/c1-7-13-34(6)28(39)25-24-16-20(5)31(42-24)26(25)29(40)37(21(17-38)15-19(3)4)27(31)30(41)35(14-8-2)18-36-23-12-10-9-11-22(23)32-33-36/h7-12,19-21,24-27,38H,1-2,13-18H2,3-6H3/t20?,21-,24+,25-,26+,27?,31?/m1/s1. The van der Waals surface area contributed by atoms with Crippen LogP contribution in [0.1, 0.15) is 33.6 Å². The summed E-state index contributed by atoms with van der Waals surface area (Å²) >= 11 is 1.64. The van der Waals surface area contributed by atoms with Gasteiger partial charge in [-0.25, -0.2) is 4.68 Å². The highest BCUT2D eigenvalue weighted by atomic mass is 32.2. The number of carbonyl (C=O) groups excluding carboxylic acids is 3. The van der Waals surface area contributed by atoms with Crippen molar-refractivity contribution in [2.45, 2.75) is 62.4 Å². The van der Waals surface area contributed by atoms with Gasteiger partial charge in [-0.05, 0) is 36.8 Å². The quantitative estimate of drug-likeness (QED) is 0.376. The highest BCUT2D eigenvalue weighted by Gasteiger charge is 2.77. The Kier molecular flexibility index (Phi) is 8.53. The summed E-state index contributed by atoms with van der Waals surface area (Å²) in [6, 6.07) is 6.18. The summed E-state index contributed by atoms with van der Waals surface area (Å²) in [6.07, 6.45) is 4.64. The molecule has 1 aromatic carbocycles. The van der Waals surface area contributed by atoms with Crippen LogP contribution >= 0.6 is 11.8 Å². The van der Waals surface area contributed by atoms with Crippen molar-refractivity contribution in [2.75, 3.05) is 26.7 Å². The Morgan fingerprint density at radius 3 is 2.60 bits per heavy atom. The maximum atomic E-state index is 14.9. The number of rotatable bonds is 12. The van der Waals surface area contributed by atoms with E-state index in [2.05, 4.69) is 30.4 Å². The Morgan fingerprint density at radius 1 is 1.21 bits per heavy atom. The molecule has 2 bridgehead atoms. The number of nitrogens with zero attached hydrogens (tertiary/aromatic N) is 6. The molecule has 3 saturated heterocycles. The molecule has 2 aromatic rings. The average Bonchev–Trinajstić information content (AvgIpc) is 3.68. The van der Waals surface area contributed by atoms with Crippen molar-refractivity contribution in [3.63, 3.8) is 0 Å². The highest BCUT2D eigenvalue weighted by Crippen LogP contribution is 2.69. The van der Waals surface area contributed by atoms with Crippen LogP contribution in [0.5, 0.6) is 0 Å². The van der Waals surface area contributed by atoms with Gasteiger partial charge in [0.1, 0.15) is 18.2 Å². The molecule has 5 rings (SSSR count). The van der Waals surface area contributed by atoms with Gasteiger partial charge in [0.25, 0.3) is 0 Å². The molecule has 1 aromatic heterocycles. The Hall–Kier alpha value is -3.18. The molecule has 1 N–H and O–H groups in total. The summed E-state index contributed by atoms with van der Waals surface area (Å²) in [4.78, 5) is 48.2. The van der Waals surface area contributed by atoms with Crippen molar-refractivity contribution in [3.05, 3.63) is 49.6 Å². The lowest BCUT2D eigenvalue weighted by Gasteiger charge is -2.42. The molecule has 0 aliphatic carbocycles. The van der Waals surface area contributed by atoms with E-state index in [1.807, 2.05) is 38.1 Å². The molecule has 4 heterocycles. The minimum atomic E-state index is -0.840. The van der Waals surface area contributed by atoms with Crippen LogP contribution in [-0.2, 0) is 21.1 Å². The number of hydrogen-bond acceptors (Lipinski definition) is 7. The number of thioether (sulfide) groups is 1. The largest absolute Gasteiger partial charge is 0.394 e. The second-order valence-electron chi connectivity index (χ2n) is 12.3. The number of likely N-dealkylation sites (N-methyl/N-ethyl adjacent to an activating group) is 1. The summed E-state index contributed by atoms with van der Waals surface area (Å²) in [7, 11) is 1.74. The van der Waals surface area contributed by atoms with Crippen LogP contribution in [-0.4, -0.2) is 101 Å². The predicted octanol–water partition coefficient (Wildman–Crippen LogP) is 2.79. The Labute approximate surface area is 251 Å². The van der Waals surface area contributed by atoms with Crippen molar-refractivity contribution >= 4 is 40.5 Å². The van der Waals surface area contributed by atoms with E-state index >= 15 is 0 Å². The number of benzene rings is 1. The van der Waals surface area contributed by atoms with Crippen molar-refractivity contribution < 1.29 is 19.5 Å². The molecule has 0 saturated carbocycles. The van der Waals surface area contributed by atoms with Crippen LogP contribution in [0.3, 0.4) is 0 Å². The SMILES string of the molecule is C=CCN(C)C(=O)[C@@H]1[C@@H]2CC(C)C3(S2)C(C(=O)N(CC=C)Cn2nnc4ccccc42)N([C@@H](CO)CC(C)C)C(=O)[C@H]13. The first-order valence-electron chi connectivity index (χ1n) is 14.7. The minimum absolute atomic E-state index is 0.0188. The van der Waals surface area contributed by atoms with Crippen molar-refractivity contribution in [2.24, 2.45) is 23.7 Å². The van der Waals surface area contributed by atoms with Crippen LogP contribution < -0.4 is 0 Å². The number of amides is 3. The number of carbonyl (C=O) groups is 3. The summed E-state index contributed by atoms with van der Waals surface area (Å²) < 4.78 is 0.895. The molecule has 226 valence electrons. The lowest BCUT2D eigenvalue weighted by atomic mass is 9.65. The maximum Gasteiger partial charge on any atom is 0.248 e. The van der Waals surface area contributed by atoms with E-state index in [-0.39, 0.29) is 54.6 Å². The van der Waals surface area contributed by atoms with Gasteiger partial charge in [-0.15, -0.1) is 30.0 Å². The number of aliphatic hydroxyl groups is 1. The number of para-hydroxylation sites is 1. The van der Waals surface area contributed by atoms with Crippen LogP contribution in [0, 0.1) is 23.7 Å². The summed E-state index contributed by atoms with van der Waals surface area (Å²) in [5, 5.41) is 19.1. The van der Waals surface area contributed by atoms with Gasteiger partial charge >= 0.3 is 0 Å². The van der Waals surface area contributed by atoms with E-state index in [4.69, 9.17) is 0 Å². The van der Waals surface area contributed by atoms with Crippen LogP contribution in [0.4, 0.5) is 0 Å². The number of aromatic nitrogens is 3. The van der Waals surface area contributed by atoms with E-state index in [0.29, 0.717) is 13.0 Å². The molecular weight excluding hydrogens is 552 g/mol. The van der Waals surface area contributed by atoms with Gasteiger partial charge in [-0.2, -0.15) is 0 Å². The molecule has 7 atom stereocenters. The summed E-state index contributed by atoms with van der Waals surface area (Å²) in [6.45, 7) is 14.4. The average molecular weight is 595 g/mol. The Morgan fingerprint density at radius 2 is 1.93 bits per heavy atom. The van der Waals surface area contributed by atoms with E-state index in [9.17, 15) is 19.5 Å². The number of hydrogen-bond donors (Lipinski definition) is 1. The molecule has 3 aliphatic heterocycles. The van der Waals surface area contributed by atoms with E-state index in [1.54, 1.807) is 50.3 Å². The fraction of sp³-hybridized carbons (Fsp3) is 0.581. The topological polar surface area (TPSA) is 112 Å². The third-order valence-electron chi connectivity index (χ3n) is 9.22. The fourth-order valence-corrected chi connectivity index (χ4v) is 9.90. The zero-order chi connectivity index (χ0) is 30.3. The maximum absolute atomic E-state index is 14.9. The smallest absolute Gasteiger partial charge is 0.248 e. The summed E-state index contributed by atoms with van der Waals surface area (Å²) in [5.74, 6) is -1.49. The van der Waals surface area contributed by atoms with E-state index in [0.717, 1.165) is 17.5 Å². The highest BCUT2D eigenvalue weighted by molar-refractivity contribution is 8.02. The lowest BCUT2D eigenvalue weighted by Crippen LogP contribution is -2.59. The predicted molar refractivity (Wildman–Crippen MR) is 163 cm³/mol. The van der Waals surface area contributed by atoms with Crippen LogP contribution in [0.25, 0.3) is 11.0 Å². The zero-order valence-electron chi connectivity index (χ0n) is 24.9. The fourth-order valence-electron chi connectivity index (χ4n) is 7.50. The monoisotopic (exact) mass is 594 g/mol. The first-order chi connectivity index (χ1) is 20.1. The van der Waals surface area contributed by atoms with Gasteiger partial charge in [0.05, 0.1) is 34.7 Å². The van der Waals surface area contributed by atoms with Crippen molar-refractivity contribution in [1.29, 1.82) is 0 Å². The van der Waals surface area contributed by atoms with Gasteiger partial charge in [-0.1, -0.05) is 50.3 Å². The van der Waals surface area contributed by atoms with Gasteiger partial charge < -0.3 is 19.8 Å². The molecule has 3 unspecified atom stereocenters. The van der Waals surface area contributed by atoms with E-state index in [1.165, 1.54) is 0 Å². The number of likely N-dealkylation sites (tertiary alicyclic amines) is 1. The Bertz CT molecular complexity index is 1380. The first kappa shape index (κ1) is 30.3. The van der Waals surface area contributed by atoms with Crippen LogP contribution in [0.2, 0.25) is 0 Å². The van der Waals surface area contributed by atoms with Gasteiger partial charge in [0.2, 0.25) is 17.7 Å². The molecular formula is C31H42N6O4S. The summed E-state index contributed by atoms with van der Waals surface area (Å²) in [5.41, 5.74) is 1.52. The molecule has 42 heavy (non-hydrogen) atoms. The van der Waals surface area contributed by atoms with Gasteiger partial charge in [0, 0.05) is 25.4 Å². The number of aliphatic hydroxyl groups excluding tert-OH is 1. The molecule has 11 heteroatoms. The van der Waals surface area contributed by atoms with E-state index < -0.39 is 28.7 Å². The lowest BCUT2D eigenvalue weighted by molar-refractivity contribution is -0.147. The van der Waals surface area contributed by atoms with Crippen molar-refractivity contribution in [1.82, 2.24) is 29.7 Å². The number of fused-ring (bicyclic) bond motifs is 2. The third kappa shape index (κ3) is 4.74. The Balaban J connectivity index is 1.59.